The lowest BCUT2D eigenvalue weighted by molar-refractivity contribution is 0.0601. The highest BCUT2D eigenvalue weighted by Gasteiger charge is 2.42. The molecule has 0 spiro atoms. The van der Waals surface area contributed by atoms with Gasteiger partial charge in [0, 0.05) is 24.3 Å². The molecule has 0 bridgehead atoms. The van der Waals surface area contributed by atoms with E-state index in [1.807, 2.05) is 56.9 Å². The van der Waals surface area contributed by atoms with Crippen LogP contribution in [0.1, 0.15) is 59.1 Å². The molecule has 35 heavy (non-hydrogen) atoms. The third kappa shape index (κ3) is 4.58. The van der Waals surface area contributed by atoms with Gasteiger partial charge in [0.15, 0.2) is 11.5 Å². The molecule has 1 aliphatic rings. The summed E-state index contributed by atoms with van der Waals surface area (Å²) in [5, 5.41) is 18.3. The first-order valence-corrected chi connectivity index (χ1v) is 11.8. The molecule has 1 aromatic heterocycles. The van der Waals surface area contributed by atoms with Gasteiger partial charge in [-0.15, -0.1) is 0 Å². The molecular weight excluding hydrogens is 446 g/mol. The molecule has 1 amide bonds. The Morgan fingerprint density at radius 2 is 1.86 bits per heavy atom. The number of amides is 1. The fourth-order valence-electron chi connectivity index (χ4n) is 4.79. The van der Waals surface area contributed by atoms with Crippen LogP contribution in [0, 0.1) is 13.8 Å². The number of nitrogens with one attached hydrogen (secondary N) is 1. The van der Waals surface area contributed by atoms with Gasteiger partial charge >= 0.3 is 0 Å². The van der Waals surface area contributed by atoms with E-state index >= 15 is 0 Å². The number of aromatic nitrogens is 2. The van der Waals surface area contributed by atoms with Crippen molar-refractivity contribution in [3.8, 4) is 28.5 Å². The lowest BCUT2D eigenvalue weighted by atomic mass is 9.93. The minimum absolute atomic E-state index is 0.127. The number of phenolic OH excluding ortho intramolecular Hbond substituents is 1. The Labute approximate surface area is 205 Å². The number of nitrogens with zero attached hydrogens (tertiary/aromatic N) is 2. The minimum Gasteiger partial charge on any atom is -0.507 e. The number of H-pyrrole nitrogens is 1. The Kier molecular flexibility index (Phi) is 7.03. The molecule has 0 unspecified atom stereocenters. The molecular formula is C27H33N3O5. The van der Waals surface area contributed by atoms with Crippen LogP contribution in [0.15, 0.2) is 30.3 Å². The molecule has 4 rings (SSSR count). The maximum absolute atomic E-state index is 13.6. The van der Waals surface area contributed by atoms with Crippen LogP contribution < -0.4 is 9.47 Å². The van der Waals surface area contributed by atoms with Gasteiger partial charge in [-0.1, -0.05) is 12.1 Å². The lowest BCUT2D eigenvalue weighted by Crippen LogP contribution is -2.31. The summed E-state index contributed by atoms with van der Waals surface area (Å²) in [7, 11) is 3.18. The van der Waals surface area contributed by atoms with Crippen LogP contribution in [0.25, 0.3) is 11.3 Å². The SMILES string of the molecule is COc1ccc([C@@H]2c3c(-c4c(C)cc(C)cc4O)n[nH]c3C(=O)N2CCCOC(C)C)cc1OC. The van der Waals surface area contributed by atoms with Gasteiger partial charge < -0.3 is 24.2 Å². The van der Waals surface area contributed by atoms with Crippen molar-refractivity contribution in [2.24, 2.45) is 0 Å². The molecule has 8 heteroatoms. The van der Waals surface area contributed by atoms with Crippen LogP contribution >= 0.6 is 0 Å². The second-order valence-electron chi connectivity index (χ2n) is 9.13. The van der Waals surface area contributed by atoms with Crippen molar-refractivity contribution < 1.29 is 24.1 Å². The number of aromatic amines is 1. The quantitative estimate of drug-likeness (QED) is 0.429. The van der Waals surface area contributed by atoms with E-state index in [2.05, 4.69) is 10.2 Å². The molecule has 2 heterocycles. The summed E-state index contributed by atoms with van der Waals surface area (Å²) in [6.07, 6.45) is 0.817. The molecule has 8 nitrogen and oxygen atoms in total. The molecule has 1 aliphatic heterocycles. The van der Waals surface area contributed by atoms with Gasteiger partial charge in [-0.3, -0.25) is 9.89 Å². The van der Waals surface area contributed by atoms with Crippen LogP contribution in [0.2, 0.25) is 0 Å². The number of hydrogen-bond acceptors (Lipinski definition) is 6. The van der Waals surface area contributed by atoms with E-state index in [-0.39, 0.29) is 17.8 Å². The highest BCUT2D eigenvalue weighted by molar-refractivity contribution is 6.00. The Balaban J connectivity index is 1.83. The minimum atomic E-state index is -0.412. The average molecular weight is 480 g/mol. The molecule has 0 saturated carbocycles. The van der Waals surface area contributed by atoms with E-state index in [4.69, 9.17) is 14.2 Å². The van der Waals surface area contributed by atoms with Crippen LogP contribution in [-0.4, -0.2) is 59.6 Å². The van der Waals surface area contributed by atoms with Gasteiger partial charge in [0.2, 0.25) is 0 Å². The Morgan fingerprint density at radius 1 is 1.11 bits per heavy atom. The van der Waals surface area contributed by atoms with Gasteiger partial charge in [-0.25, -0.2) is 0 Å². The van der Waals surface area contributed by atoms with Crippen molar-refractivity contribution in [2.45, 2.75) is 46.3 Å². The molecule has 0 radical (unpaired) electrons. The van der Waals surface area contributed by atoms with Crippen molar-refractivity contribution >= 4 is 5.91 Å². The third-order valence-electron chi connectivity index (χ3n) is 6.28. The zero-order valence-corrected chi connectivity index (χ0v) is 21.1. The van der Waals surface area contributed by atoms with Gasteiger partial charge in [0.1, 0.15) is 17.1 Å². The average Bonchev–Trinajstić information content (AvgIpc) is 3.34. The van der Waals surface area contributed by atoms with Crippen LogP contribution in [0.3, 0.4) is 0 Å². The molecule has 1 atom stereocenters. The predicted octanol–water partition coefficient (Wildman–Crippen LogP) is 4.78. The summed E-state index contributed by atoms with van der Waals surface area (Å²) in [4.78, 5) is 15.4. The number of methoxy groups -OCH3 is 2. The highest BCUT2D eigenvalue weighted by atomic mass is 16.5. The van der Waals surface area contributed by atoms with Gasteiger partial charge in [-0.2, -0.15) is 5.10 Å². The first kappa shape index (κ1) is 24.6. The third-order valence-corrected chi connectivity index (χ3v) is 6.28. The number of carbonyl (C=O) groups is 1. The molecule has 3 aromatic rings. The van der Waals surface area contributed by atoms with Crippen molar-refractivity contribution in [2.75, 3.05) is 27.4 Å². The van der Waals surface area contributed by atoms with E-state index < -0.39 is 6.04 Å². The summed E-state index contributed by atoms with van der Waals surface area (Å²) in [6, 6.07) is 8.97. The van der Waals surface area contributed by atoms with Crippen molar-refractivity contribution in [1.82, 2.24) is 15.1 Å². The number of carbonyl (C=O) groups excluding carboxylic acids is 1. The monoisotopic (exact) mass is 479 g/mol. The van der Waals surface area contributed by atoms with Crippen LogP contribution in [0.4, 0.5) is 0 Å². The number of ether oxygens (including phenoxy) is 3. The van der Waals surface area contributed by atoms with Crippen LogP contribution in [-0.2, 0) is 4.74 Å². The van der Waals surface area contributed by atoms with E-state index in [1.54, 1.807) is 20.3 Å². The second-order valence-corrected chi connectivity index (χ2v) is 9.13. The lowest BCUT2D eigenvalue weighted by Gasteiger charge is -2.27. The molecule has 0 saturated heterocycles. The maximum atomic E-state index is 13.6. The van der Waals surface area contributed by atoms with E-state index in [0.29, 0.717) is 48.0 Å². The van der Waals surface area contributed by atoms with Crippen molar-refractivity contribution in [3.63, 3.8) is 0 Å². The fraction of sp³-hybridized carbons (Fsp3) is 0.407. The van der Waals surface area contributed by atoms with E-state index in [9.17, 15) is 9.90 Å². The van der Waals surface area contributed by atoms with Crippen LogP contribution in [0.5, 0.6) is 17.2 Å². The van der Waals surface area contributed by atoms with Gasteiger partial charge in [0.05, 0.1) is 26.4 Å². The van der Waals surface area contributed by atoms with Crippen molar-refractivity contribution in [3.05, 3.63) is 58.3 Å². The largest absolute Gasteiger partial charge is 0.507 e. The number of rotatable bonds is 9. The summed E-state index contributed by atoms with van der Waals surface area (Å²) < 4.78 is 16.7. The van der Waals surface area contributed by atoms with E-state index in [1.165, 1.54) is 0 Å². The summed E-state index contributed by atoms with van der Waals surface area (Å²) in [5.41, 5.74) is 5.08. The first-order valence-electron chi connectivity index (χ1n) is 11.8. The number of benzene rings is 2. The Morgan fingerprint density at radius 3 is 2.51 bits per heavy atom. The summed E-state index contributed by atoms with van der Waals surface area (Å²) in [6.45, 7) is 8.91. The molecule has 2 aromatic carbocycles. The van der Waals surface area contributed by atoms with Gasteiger partial charge in [-0.05, 0) is 69.0 Å². The maximum Gasteiger partial charge on any atom is 0.273 e. The number of aryl methyl sites for hydroxylation is 2. The molecule has 2 N–H and O–H groups in total. The van der Waals surface area contributed by atoms with E-state index in [0.717, 1.165) is 22.3 Å². The number of fused-ring (bicyclic) bond motifs is 1. The molecule has 0 fully saturated rings. The standard InChI is InChI=1S/C27H33N3O5/c1-15(2)35-11-7-10-30-26(18-8-9-20(33-5)21(14-18)34-6)23-24(28-29-25(23)27(30)32)22-17(4)12-16(3)13-19(22)31/h8-9,12-15,26,31H,7,10-11H2,1-6H3,(H,28,29)/t26-/m1/s1. The number of hydrogen-bond donors (Lipinski definition) is 2. The molecule has 186 valence electrons. The predicted molar refractivity (Wildman–Crippen MR) is 133 cm³/mol. The summed E-state index contributed by atoms with van der Waals surface area (Å²) in [5.74, 6) is 1.19. The van der Waals surface area contributed by atoms with Crippen molar-refractivity contribution in [1.29, 1.82) is 0 Å². The Bertz CT molecular complexity index is 1210. The second kappa shape index (κ2) is 10.00. The van der Waals surface area contributed by atoms with Gasteiger partial charge in [0.25, 0.3) is 5.91 Å². The number of aromatic hydroxyl groups is 1. The zero-order valence-electron chi connectivity index (χ0n) is 21.1. The smallest absolute Gasteiger partial charge is 0.273 e. The number of phenols is 1. The zero-order chi connectivity index (χ0) is 25.3. The Hall–Kier alpha value is -3.52. The topological polar surface area (TPSA) is 96.9 Å². The highest BCUT2D eigenvalue weighted by Crippen LogP contribution is 2.46. The first-order chi connectivity index (χ1) is 16.8. The summed E-state index contributed by atoms with van der Waals surface area (Å²) >= 11 is 0. The molecule has 0 aliphatic carbocycles. The normalized spacial score (nSPS) is 15.1. The fourth-order valence-corrected chi connectivity index (χ4v) is 4.79.